The highest BCUT2D eigenvalue weighted by atomic mass is 16.7. The largest absolute Gasteiger partial charge is 0.493 e. The molecule has 0 spiro atoms. The zero-order valence-electron chi connectivity index (χ0n) is 29.5. The molecule has 0 aliphatic carbocycles. The van der Waals surface area contributed by atoms with Gasteiger partial charge in [0.25, 0.3) is 0 Å². The Morgan fingerprint density at radius 1 is 1.04 bits per heavy atom. The van der Waals surface area contributed by atoms with E-state index in [9.17, 15) is 24.0 Å². The summed E-state index contributed by atoms with van der Waals surface area (Å²) in [6.45, 7) is 5.09. The molecule has 49 heavy (non-hydrogen) atoms. The molecule has 3 rings (SSSR count). The van der Waals surface area contributed by atoms with Crippen LogP contribution >= 0.6 is 0 Å². The van der Waals surface area contributed by atoms with Crippen LogP contribution in [0.25, 0.3) is 6.08 Å². The Hall–Kier alpha value is -4.91. The fourth-order valence-electron chi connectivity index (χ4n) is 4.77. The molecule has 2 aromatic carbocycles. The van der Waals surface area contributed by atoms with Gasteiger partial charge < -0.3 is 39.6 Å². The molecule has 1 unspecified atom stereocenters. The van der Waals surface area contributed by atoms with E-state index in [0.29, 0.717) is 29.0 Å². The van der Waals surface area contributed by atoms with Gasteiger partial charge in [0, 0.05) is 18.9 Å². The van der Waals surface area contributed by atoms with E-state index in [4.69, 9.17) is 25.1 Å². The number of carbonyl (C=O) groups is 5. The molecule has 1 fully saturated rings. The van der Waals surface area contributed by atoms with Crippen molar-refractivity contribution < 1.29 is 49.1 Å². The van der Waals surface area contributed by atoms with E-state index in [1.54, 1.807) is 63.2 Å². The Bertz CT molecular complexity index is 1460. The Labute approximate surface area is 288 Å². The molecule has 13 nitrogen and oxygen atoms in total. The third kappa shape index (κ3) is 13.6. The van der Waals surface area contributed by atoms with Gasteiger partial charge in [-0.25, -0.2) is 4.79 Å². The second-order valence-electron chi connectivity index (χ2n) is 11.6. The van der Waals surface area contributed by atoms with Gasteiger partial charge in [-0.05, 0) is 61.4 Å². The smallest absolute Gasteiger partial charge is 0.328 e. The molecule has 13 heteroatoms. The lowest BCUT2D eigenvalue weighted by molar-refractivity contribution is -0.150. The van der Waals surface area contributed by atoms with E-state index in [-0.39, 0.29) is 32.3 Å². The van der Waals surface area contributed by atoms with Crippen LogP contribution in [0.1, 0.15) is 64.0 Å². The topological polar surface area (TPSA) is 168 Å². The quantitative estimate of drug-likeness (QED) is 0.157. The summed E-state index contributed by atoms with van der Waals surface area (Å²) in [5, 5.41) is 5.45. The third-order valence-electron chi connectivity index (χ3n) is 7.38. The minimum Gasteiger partial charge on any atom is -0.493 e. The number of ether oxygens (including phenoxy) is 5. The van der Waals surface area contributed by atoms with E-state index in [0.717, 1.165) is 24.8 Å². The molecule has 1 saturated heterocycles. The predicted molar refractivity (Wildman–Crippen MR) is 180 cm³/mol. The second-order valence-corrected chi connectivity index (χ2v) is 11.6. The third-order valence-corrected chi connectivity index (χ3v) is 7.38. The van der Waals surface area contributed by atoms with Gasteiger partial charge in [-0.2, -0.15) is 0 Å². The maximum atomic E-state index is 13.4. The number of hydrogen-bond donors (Lipinski definition) is 3. The molecule has 1 heterocycles. The Balaban J connectivity index is 1.58. The molecular formula is C36H47N3O10. The van der Waals surface area contributed by atoms with Crippen molar-refractivity contribution in [3.8, 4) is 11.5 Å². The highest BCUT2D eigenvalue weighted by Gasteiger charge is 2.30. The van der Waals surface area contributed by atoms with E-state index in [1.165, 1.54) is 19.3 Å². The molecule has 3 N–H and O–H groups in total. The van der Waals surface area contributed by atoms with Crippen LogP contribution in [0.4, 0.5) is 0 Å². The Morgan fingerprint density at radius 3 is 2.49 bits per heavy atom. The summed E-state index contributed by atoms with van der Waals surface area (Å²) < 4.78 is 35.7. The normalized spacial score (nSPS) is 15.8. The van der Waals surface area contributed by atoms with Crippen molar-refractivity contribution in [3.63, 3.8) is 0 Å². The van der Waals surface area contributed by atoms with Gasteiger partial charge in [0.2, 0.25) is 17.7 Å². The second kappa shape index (κ2) is 20.5. The minimum absolute atomic E-state index is 0.0562. The van der Waals surface area contributed by atoms with Crippen molar-refractivity contribution in [1.82, 2.24) is 15.9 Å². The highest BCUT2D eigenvalue weighted by Crippen LogP contribution is 2.31. The zero-order chi connectivity index (χ0) is 36.5. The summed E-state index contributed by atoms with van der Waals surface area (Å²) in [5.41, 5.74) is 1.36. The van der Waals surface area contributed by atoms with Gasteiger partial charge >= 0.3 is 11.9 Å². The lowest BCUT2D eigenvalue weighted by Crippen LogP contribution is -2.55. The number of esters is 2. The van der Waals surface area contributed by atoms with Crippen LogP contribution in [0.15, 0.2) is 54.6 Å². The number of benzene rings is 2. The number of hydrogen-bond acceptors (Lipinski definition) is 10. The van der Waals surface area contributed by atoms with Crippen LogP contribution in [0.2, 0.25) is 1.41 Å². The number of nitrogens with one attached hydrogen (secondary N) is 3. The van der Waals surface area contributed by atoms with Crippen molar-refractivity contribution >= 4 is 35.7 Å². The van der Waals surface area contributed by atoms with Gasteiger partial charge in [-0.1, -0.05) is 50.2 Å². The fraction of sp³-hybridized carbons (Fsp3) is 0.472. The van der Waals surface area contributed by atoms with Crippen LogP contribution in [0, 0.1) is 5.92 Å². The fourth-order valence-corrected chi connectivity index (χ4v) is 4.77. The Morgan fingerprint density at radius 2 is 1.82 bits per heavy atom. The number of methoxy groups -OCH3 is 1. The summed E-state index contributed by atoms with van der Waals surface area (Å²) in [4.78, 5) is 63.9. The van der Waals surface area contributed by atoms with Crippen LogP contribution in [-0.4, -0.2) is 74.9 Å². The Kier molecular flexibility index (Phi) is 15.4. The van der Waals surface area contributed by atoms with E-state index in [1.807, 2.05) is 6.07 Å². The average Bonchev–Trinajstić information content (AvgIpc) is 3.11. The summed E-state index contributed by atoms with van der Waals surface area (Å²) in [6, 6.07) is 11.5. The molecule has 266 valence electrons. The first-order chi connectivity index (χ1) is 24.0. The van der Waals surface area contributed by atoms with Gasteiger partial charge in [0.05, 0.1) is 26.9 Å². The maximum Gasteiger partial charge on any atom is 0.328 e. The highest BCUT2D eigenvalue weighted by molar-refractivity contribution is 5.96. The van der Waals surface area contributed by atoms with Crippen LogP contribution in [0.3, 0.4) is 0 Å². The monoisotopic (exact) mass is 682 g/mol. The molecule has 0 radical (unpaired) electrons. The van der Waals surface area contributed by atoms with Gasteiger partial charge in [-0.3, -0.25) is 19.2 Å². The van der Waals surface area contributed by atoms with Crippen molar-refractivity contribution in [3.05, 3.63) is 65.7 Å². The van der Waals surface area contributed by atoms with Gasteiger partial charge in [0.1, 0.15) is 18.7 Å². The predicted octanol–water partition coefficient (Wildman–Crippen LogP) is 3.44. The minimum atomic E-state index is -1.32. The standard InChI is InChI=1S/C36H47N3O10/c1-5-46-32(42)19-16-27(36(44)48-23-26-11-7-6-8-12-26)38-35(43)34(24(2)3)39-31(41)22-37-30(40)18-15-25-14-17-28(29(21-25)45-4)49-33-13-9-10-20-47-33/h6-8,11-12,14-15,17-18,21,24,27,33-34H,5,9-10,13,16,19-20,22-23H2,1-4H3,(H,37,40)(H,38,43)(H,39,41)/b18-15+/t27-,33?,34-/m0/s1/i/hD. The zero-order valence-corrected chi connectivity index (χ0v) is 28.5. The van der Waals surface area contributed by atoms with Crippen LogP contribution < -0.4 is 25.4 Å². The van der Waals surface area contributed by atoms with Crippen LogP contribution in [0.5, 0.6) is 11.5 Å². The molecule has 1 aliphatic rings. The molecule has 0 bridgehead atoms. The lowest BCUT2D eigenvalue weighted by atomic mass is 10.0. The number of rotatable bonds is 18. The molecule has 3 amide bonds. The van der Waals surface area contributed by atoms with Gasteiger partial charge in [-0.15, -0.1) is 0 Å². The number of amides is 3. The van der Waals surface area contributed by atoms with Crippen LogP contribution in [-0.2, 0) is 44.8 Å². The van der Waals surface area contributed by atoms with Crippen molar-refractivity contribution in [2.75, 3.05) is 26.9 Å². The number of carbonyl (C=O) groups excluding carboxylic acids is 5. The van der Waals surface area contributed by atoms with E-state index in [2.05, 4.69) is 10.6 Å². The van der Waals surface area contributed by atoms with Crippen molar-refractivity contribution in [2.24, 2.45) is 5.92 Å². The molecule has 0 aromatic heterocycles. The summed E-state index contributed by atoms with van der Waals surface area (Å²) in [7, 11) is 1.51. The summed E-state index contributed by atoms with van der Waals surface area (Å²) in [6.07, 6.45) is 4.91. The van der Waals surface area contributed by atoms with Crippen molar-refractivity contribution in [2.45, 2.75) is 77.9 Å². The van der Waals surface area contributed by atoms with Gasteiger partial charge in [0.15, 0.2) is 19.2 Å². The maximum absolute atomic E-state index is 13.4. The van der Waals surface area contributed by atoms with Crippen molar-refractivity contribution in [1.29, 1.82) is 0 Å². The first-order valence-corrected chi connectivity index (χ1v) is 16.4. The molecule has 1 aliphatic heterocycles. The van der Waals surface area contributed by atoms with E-state index < -0.39 is 54.2 Å². The summed E-state index contributed by atoms with van der Waals surface area (Å²) in [5.74, 6) is -3.17. The first kappa shape index (κ1) is 36.9. The lowest BCUT2D eigenvalue weighted by Gasteiger charge is -2.25. The molecule has 0 saturated carbocycles. The SMILES string of the molecule is [2H]N(C(=O)CNC(=O)/C=C/c1ccc(OC2CCCCO2)c(OC)c1)[C@H](C(=O)N[C@@H](CCC(=O)OCC)C(=O)OCc1ccccc1)C(C)C. The molecule has 3 atom stereocenters. The molecular weight excluding hydrogens is 634 g/mol. The average molecular weight is 683 g/mol. The summed E-state index contributed by atoms with van der Waals surface area (Å²) >= 11 is 0. The van der Waals surface area contributed by atoms with E-state index >= 15 is 0 Å². The first-order valence-electron chi connectivity index (χ1n) is 16.9. The molecule has 2 aromatic rings.